The van der Waals surface area contributed by atoms with Crippen molar-refractivity contribution in [1.29, 1.82) is 0 Å². The van der Waals surface area contributed by atoms with Crippen LogP contribution in [0.2, 0.25) is 0 Å². The Balaban J connectivity index is 1.70. The van der Waals surface area contributed by atoms with Gasteiger partial charge in [-0.15, -0.1) is 0 Å². The smallest absolute Gasteiger partial charge is 0.132 e. The van der Waals surface area contributed by atoms with Crippen LogP contribution in [0.1, 0.15) is 55.7 Å². The fourth-order valence-corrected chi connectivity index (χ4v) is 2.77. The summed E-state index contributed by atoms with van der Waals surface area (Å²) in [5.74, 6) is 0.877. The first-order valence-electron chi connectivity index (χ1n) is 7.65. The van der Waals surface area contributed by atoms with Crippen LogP contribution in [-0.2, 0) is 13.0 Å². The SMILES string of the molecule is CCC(C)n1ccc(COc2cccc3c2CCC3O)n1. The zero-order chi connectivity index (χ0) is 14.8. The molecule has 4 heteroatoms. The number of hydrogen-bond acceptors (Lipinski definition) is 3. The van der Waals surface area contributed by atoms with Crippen molar-refractivity contribution in [1.82, 2.24) is 9.78 Å². The van der Waals surface area contributed by atoms with Gasteiger partial charge < -0.3 is 9.84 Å². The van der Waals surface area contributed by atoms with E-state index in [1.54, 1.807) is 0 Å². The Bertz CT molecular complexity index is 621. The molecule has 1 aromatic carbocycles. The number of aliphatic hydroxyl groups is 1. The minimum absolute atomic E-state index is 0.340. The van der Waals surface area contributed by atoms with Crippen molar-refractivity contribution >= 4 is 0 Å². The predicted molar refractivity (Wildman–Crippen MR) is 81.3 cm³/mol. The monoisotopic (exact) mass is 286 g/mol. The molecule has 2 unspecified atom stereocenters. The summed E-state index contributed by atoms with van der Waals surface area (Å²) in [5.41, 5.74) is 3.09. The van der Waals surface area contributed by atoms with E-state index >= 15 is 0 Å². The van der Waals surface area contributed by atoms with Gasteiger partial charge in [0, 0.05) is 17.8 Å². The molecule has 1 heterocycles. The summed E-state index contributed by atoms with van der Waals surface area (Å²) in [6.45, 7) is 4.78. The molecule has 21 heavy (non-hydrogen) atoms. The Labute approximate surface area is 125 Å². The predicted octanol–water partition coefficient (Wildman–Crippen LogP) is 3.41. The van der Waals surface area contributed by atoms with Gasteiger partial charge in [0.2, 0.25) is 0 Å². The Morgan fingerprint density at radius 3 is 3.10 bits per heavy atom. The number of rotatable bonds is 5. The second kappa shape index (κ2) is 5.90. The van der Waals surface area contributed by atoms with Crippen molar-refractivity contribution in [2.45, 2.75) is 51.9 Å². The molecule has 0 saturated carbocycles. The lowest BCUT2D eigenvalue weighted by molar-refractivity contribution is 0.180. The number of hydrogen-bond donors (Lipinski definition) is 1. The highest BCUT2D eigenvalue weighted by molar-refractivity contribution is 5.44. The first-order valence-corrected chi connectivity index (χ1v) is 7.65. The zero-order valence-corrected chi connectivity index (χ0v) is 12.6. The van der Waals surface area contributed by atoms with Crippen molar-refractivity contribution in [3.05, 3.63) is 47.3 Å². The fraction of sp³-hybridized carbons (Fsp3) is 0.471. The average Bonchev–Trinajstić information content (AvgIpc) is 3.12. The van der Waals surface area contributed by atoms with Crippen LogP contribution in [0.3, 0.4) is 0 Å². The molecular weight excluding hydrogens is 264 g/mol. The molecule has 4 nitrogen and oxygen atoms in total. The molecule has 1 aromatic heterocycles. The number of fused-ring (bicyclic) bond motifs is 1. The highest BCUT2D eigenvalue weighted by Crippen LogP contribution is 2.36. The van der Waals surface area contributed by atoms with Crippen molar-refractivity contribution < 1.29 is 9.84 Å². The van der Waals surface area contributed by atoms with Crippen LogP contribution in [0.15, 0.2) is 30.5 Å². The molecule has 1 aliphatic carbocycles. The second-order valence-electron chi connectivity index (χ2n) is 5.71. The third kappa shape index (κ3) is 2.81. The summed E-state index contributed by atoms with van der Waals surface area (Å²) in [7, 11) is 0. The largest absolute Gasteiger partial charge is 0.487 e. The maximum atomic E-state index is 9.91. The van der Waals surface area contributed by atoms with Crippen LogP contribution >= 0.6 is 0 Å². The highest BCUT2D eigenvalue weighted by atomic mass is 16.5. The Morgan fingerprint density at radius 1 is 1.43 bits per heavy atom. The summed E-state index contributed by atoms with van der Waals surface area (Å²) in [5, 5.41) is 14.5. The average molecular weight is 286 g/mol. The molecular formula is C17H22N2O2. The number of ether oxygens (including phenoxy) is 1. The second-order valence-corrected chi connectivity index (χ2v) is 5.71. The summed E-state index contributed by atoms with van der Waals surface area (Å²) < 4.78 is 7.91. The van der Waals surface area contributed by atoms with E-state index in [9.17, 15) is 5.11 Å². The molecule has 0 bridgehead atoms. The Kier molecular flexibility index (Phi) is 3.97. The van der Waals surface area contributed by atoms with E-state index in [-0.39, 0.29) is 6.10 Å². The number of aromatic nitrogens is 2. The van der Waals surface area contributed by atoms with Crippen LogP contribution < -0.4 is 4.74 Å². The minimum Gasteiger partial charge on any atom is -0.487 e. The first-order chi connectivity index (χ1) is 10.2. The quantitative estimate of drug-likeness (QED) is 0.916. The number of benzene rings is 1. The van der Waals surface area contributed by atoms with Gasteiger partial charge in [-0.25, -0.2) is 0 Å². The number of aliphatic hydroxyl groups excluding tert-OH is 1. The van der Waals surface area contributed by atoms with E-state index in [1.807, 2.05) is 35.1 Å². The summed E-state index contributed by atoms with van der Waals surface area (Å²) in [6, 6.07) is 8.32. The van der Waals surface area contributed by atoms with Crippen LogP contribution in [0.5, 0.6) is 5.75 Å². The van der Waals surface area contributed by atoms with Gasteiger partial charge >= 0.3 is 0 Å². The van der Waals surface area contributed by atoms with Gasteiger partial charge in [0.25, 0.3) is 0 Å². The molecule has 1 N–H and O–H groups in total. The van der Waals surface area contributed by atoms with Gasteiger partial charge in [0.05, 0.1) is 11.8 Å². The van der Waals surface area contributed by atoms with Crippen LogP contribution in [0, 0.1) is 0 Å². The molecule has 0 amide bonds. The van der Waals surface area contributed by atoms with E-state index in [1.165, 1.54) is 0 Å². The molecule has 112 valence electrons. The molecule has 0 saturated heterocycles. The molecule has 3 rings (SSSR count). The van der Waals surface area contributed by atoms with Gasteiger partial charge in [0.15, 0.2) is 0 Å². The third-order valence-corrected chi connectivity index (χ3v) is 4.28. The topological polar surface area (TPSA) is 47.3 Å². The zero-order valence-electron chi connectivity index (χ0n) is 12.6. The lowest BCUT2D eigenvalue weighted by Crippen LogP contribution is -2.06. The molecule has 0 fully saturated rings. The molecule has 0 aliphatic heterocycles. The van der Waals surface area contributed by atoms with Gasteiger partial charge in [-0.2, -0.15) is 5.10 Å². The first kappa shape index (κ1) is 14.1. The highest BCUT2D eigenvalue weighted by Gasteiger charge is 2.23. The van der Waals surface area contributed by atoms with E-state index in [0.717, 1.165) is 41.8 Å². The molecule has 0 spiro atoms. The van der Waals surface area contributed by atoms with Crippen LogP contribution in [0.4, 0.5) is 0 Å². The maximum absolute atomic E-state index is 9.91. The molecule has 2 aromatic rings. The van der Waals surface area contributed by atoms with Gasteiger partial charge in [-0.05, 0) is 43.9 Å². The van der Waals surface area contributed by atoms with Crippen LogP contribution in [0.25, 0.3) is 0 Å². The Hall–Kier alpha value is -1.81. The summed E-state index contributed by atoms with van der Waals surface area (Å²) in [4.78, 5) is 0. The van der Waals surface area contributed by atoms with E-state index in [4.69, 9.17) is 4.74 Å². The molecule has 0 radical (unpaired) electrons. The fourth-order valence-electron chi connectivity index (χ4n) is 2.77. The summed E-state index contributed by atoms with van der Waals surface area (Å²) in [6.07, 6.45) is 4.40. The van der Waals surface area contributed by atoms with Crippen molar-refractivity contribution in [3.63, 3.8) is 0 Å². The molecule has 1 aliphatic rings. The summed E-state index contributed by atoms with van der Waals surface area (Å²) >= 11 is 0. The van der Waals surface area contributed by atoms with Gasteiger partial charge in [0.1, 0.15) is 12.4 Å². The lowest BCUT2D eigenvalue weighted by Gasteiger charge is -2.11. The minimum atomic E-state index is -0.340. The Morgan fingerprint density at radius 2 is 2.29 bits per heavy atom. The van der Waals surface area contributed by atoms with Crippen molar-refractivity contribution in [3.8, 4) is 5.75 Å². The normalized spacial score (nSPS) is 18.5. The van der Waals surface area contributed by atoms with Crippen molar-refractivity contribution in [2.24, 2.45) is 0 Å². The third-order valence-electron chi connectivity index (χ3n) is 4.28. The number of nitrogens with zero attached hydrogens (tertiary/aromatic N) is 2. The maximum Gasteiger partial charge on any atom is 0.132 e. The lowest BCUT2D eigenvalue weighted by atomic mass is 10.1. The molecule has 2 atom stereocenters. The van der Waals surface area contributed by atoms with E-state index in [0.29, 0.717) is 12.6 Å². The van der Waals surface area contributed by atoms with E-state index in [2.05, 4.69) is 18.9 Å². The van der Waals surface area contributed by atoms with Crippen LogP contribution in [-0.4, -0.2) is 14.9 Å². The van der Waals surface area contributed by atoms with Gasteiger partial charge in [-0.3, -0.25) is 4.68 Å². The van der Waals surface area contributed by atoms with E-state index < -0.39 is 0 Å². The van der Waals surface area contributed by atoms with Crippen molar-refractivity contribution in [2.75, 3.05) is 0 Å². The van der Waals surface area contributed by atoms with Gasteiger partial charge in [-0.1, -0.05) is 19.1 Å². The standard InChI is InChI=1S/C17H22N2O2/c1-3-12(2)19-10-9-13(18-19)11-21-17-6-4-5-14-15(17)7-8-16(14)20/h4-6,9-10,12,16,20H,3,7-8,11H2,1-2H3.